The number of sulfonamides is 1. The van der Waals surface area contributed by atoms with Crippen LogP contribution in [0, 0.1) is 13.8 Å². The molecule has 0 heterocycles. The lowest BCUT2D eigenvalue weighted by atomic mass is 10.1. The molecule has 0 saturated carbocycles. The summed E-state index contributed by atoms with van der Waals surface area (Å²) in [4.78, 5) is 27.7. The van der Waals surface area contributed by atoms with E-state index in [4.69, 9.17) is 0 Å². The fourth-order valence-corrected chi connectivity index (χ4v) is 5.67. The maximum Gasteiger partial charge on any atom is 0.416 e. The summed E-state index contributed by atoms with van der Waals surface area (Å²) in [7, 11) is -3.05. The van der Waals surface area contributed by atoms with Crippen molar-refractivity contribution in [2.45, 2.75) is 50.9 Å². The first kappa shape index (κ1) is 30.7. The van der Waals surface area contributed by atoms with Crippen LogP contribution >= 0.6 is 0 Å². The van der Waals surface area contributed by atoms with Crippen LogP contribution in [0.1, 0.15) is 35.6 Å². The number of amides is 2. The second-order valence-corrected chi connectivity index (χ2v) is 11.2. The molecule has 1 N–H and O–H groups in total. The largest absolute Gasteiger partial charge is 0.416 e. The normalized spacial score (nSPS) is 12.5. The molecule has 3 aromatic rings. The number of likely N-dealkylation sites (N-methyl/N-ethyl adjacent to an activating group) is 1. The molecule has 0 aromatic heterocycles. The molecule has 2 amide bonds. The van der Waals surface area contributed by atoms with Crippen molar-refractivity contribution in [3.05, 3.63) is 95.1 Å². The van der Waals surface area contributed by atoms with Gasteiger partial charge in [0, 0.05) is 13.6 Å². The molecule has 0 aliphatic heterocycles. The average Bonchev–Trinajstić information content (AvgIpc) is 2.92. The Labute approximate surface area is 232 Å². The topological polar surface area (TPSA) is 86.8 Å². The maximum atomic E-state index is 13.9. The first-order chi connectivity index (χ1) is 18.8. The van der Waals surface area contributed by atoms with E-state index in [2.05, 4.69) is 5.32 Å². The summed E-state index contributed by atoms with van der Waals surface area (Å²) in [5.41, 5.74) is 0.989. The second kappa shape index (κ2) is 12.5. The maximum absolute atomic E-state index is 13.9. The number of rotatable bonds is 10. The summed E-state index contributed by atoms with van der Waals surface area (Å²) < 4.78 is 68.9. The lowest BCUT2D eigenvalue weighted by Crippen LogP contribution is -2.51. The van der Waals surface area contributed by atoms with Crippen LogP contribution in [-0.2, 0) is 32.3 Å². The number of aryl methyl sites for hydroxylation is 2. The first-order valence-electron chi connectivity index (χ1n) is 12.6. The summed E-state index contributed by atoms with van der Waals surface area (Å²) in [6.45, 7) is 4.49. The molecule has 0 spiro atoms. The van der Waals surface area contributed by atoms with Gasteiger partial charge in [-0.3, -0.25) is 13.9 Å². The Morgan fingerprint density at radius 1 is 0.950 bits per heavy atom. The summed E-state index contributed by atoms with van der Waals surface area (Å²) in [5, 5.41) is 2.53. The van der Waals surface area contributed by atoms with Gasteiger partial charge < -0.3 is 10.2 Å². The van der Waals surface area contributed by atoms with Crippen LogP contribution in [0.4, 0.5) is 18.9 Å². The van der Waals surface area contributed by atoms with E-state index >= 15 is 0 Å². The fourth-order valence-electron chi connectivity index (χ4n) is 4.26. The van der Waals surface area contributed by atoms with Crippen LogP contribution in [0.15, 0.2) is 77.7 Å². The first-order valence-corrected chi connectivity index (χ1v) is 14.1. The van der Waals surface area contributed by atoms with Crippen molar-refractivity contribution >= 4 is 27.5 Å². The molecule has 40 heavy (non-hydrogen) atoms. The Kier molecular flexibility index (Phi) is 9.62. The van der Waals surface area contributed by atoms with Crippen molar-refractivity contribution in [1.82, 2.24) is 10.2 Å². The molecule has 7 nitrogen and oxygen atoms in total. The van der Waals surface area contributed by atoms with Crippen molar-refractivity contribution in [1.29, 1.82) is 0 Å². The number of benzene rings is 3. The van der Waals surface area contributed by atoms with E-state index in [0.717, 1.165) is 28.8 Å². The van der Waals surface area contributed by atoms with Crippen LogP contribution in [-0.4, -0.2) is 44.8 Å². The molecular weight excluding hydrogens is 543 g/mol. The number of alkyl halides is 3. The number of carbonyl (C=O) groups is 2. The molecule has 11 heteroatoms. The van der Waals surface area contributed by atoms with Gasteiger partial charge in [-0.1, -0.05) is 55.0 Å². The van der Waals surface area contributed by atoms with Crippen molar-refractivity contribution in [2.24, 2.45) is 0 Å². The number of nitrogens with zero attached hydrogens (tertiary/aromatic N) is 2. The minimum Gasteiger partial charge on any atom is -0.357 e. The van der Waals surface area contributed by atoms with E-state index in [-0.39, 0.29) is 23.5 Å². The molecule has 0 fully saturated rings. The highest BCUT2D eigenvalue weighted by atomic mass is 32.2. The van der Waals surface area contributed by atoms with E-state index in [1.807, 2.05) is 19.1 Å². The number of carbonyl (C=O) groups excluding carboxylic acids is 2. The molecule has 0 aliphatic carbocycles. The molecule has 214 valence electrons. The Morgan fingerprint density at radius 3 is 2.17 bits per heavy atom. The lowest BCUT2D eigenvalue weighted by molar-refractivity contribution is -0.140. The number of halogens is 3. The van der Waals surface area contributed by atoms with E-state index in [1.54, 1.807) is 38.1 Å². The van der Waals surface area contributed by atoms with Gasteiger partial charge in [0.25, 0.3) is 10.0 Å². The molecule has 0 aliphatic rings. The summed E-state index contributed by atoms with van der Waals surface area (Å²) in [6.07, 6.45) is -4.51. The third-order valence-corrected chi connectivity index (χ3v) is 8.37. The molecular formula is C29H32F3N3O4S. The molecule has 0 bridgehead atoms. The van der Waals surface area contributed by atoms with E-state index in [0.29, 0.717) is 10.4 Å². The van der Waals surface area contributed by atoms with Crippen molar-refractivity contribution in [3.8, 4) is 0 Å². The highest BCUT2D eigenvalue weighted by Gasteiger charge is 2.35. The molecule has 0 radical (unpaired) electrons. The van der Waals surface area contributed by atoms with Gasteiger partial charge in [-0.25, -0.2) is 8.42 Å². The van der Waals surface area contributed by atoms with Gasteiger partial charge in [0.15, 0.2) is 0 Å². The standard InChI is InChI=1S/C29H32F3N3O4S/c1-5-26(28(37)33-4)34(18-22-10-7-6-9-21(22)3)27(36)19-35(24-12-8-11-23(17-24)29(30,31)32)40(38,39)25-15-13-20(2)14-16-25/h6-17,26H,5,18-19H2,1-4H3,(H,33,37)/t26-/m0/s1. The van der Waals surface area contributed by atoms with Crippen molar-refractivity contribution < 1.29 is 31.2 Å². The van der Waals surface area contributed by atoms with Gasteiger partial charge in [0.1, 0.15) is 12.6 Å². The van der Waals surface area contributed by atoms with E-state index in [1.165, 1.54) is 30.1 Å². The molecule has 0 unspecified atom stereocenters. The predicted molar refractivity (Wildman–Crippen MR) is 147 cm³/mol. The molecule has 1 atom stereocenters. The fraction of sp³-hybridized carbons (Fsp3) is 0.310. The van der Waals surface area contributed by atoms with E-state index < -0.39 is 46.2 Å². The van der Waals surface area contributed by atoms with Gasteiger partial charge in [-0.05, 0) is 61.7 Å². The third kappa shape index (κ3) is 7.01. The second-order valence-electron chi connectivity index (χ2n) is 9.36. The highest BCUT2D eigenvalue weighted by Crippen LogP contribution is 2.33. The summed E-state index contributed by atoms with van der Waals surface area (Å²) in [5.74, 6) is -1.19. The van der Waals surface area contributed by atoms with Crippen LogP contribution < -0.4 is 9.62 Å². The van der Waals surface area contributed by atoms with Crippen molar-refractivity contribution in [3.63, 3.8) is 0 Å². The molecule has 0 saturated heterocycles. The Hall–Kier alpha value is -3.86. The number of anilines is 1. The zero-order valence-electron chi connectivity index (χ0n) is 22.7. The summed E-state index contributed by atoms with van der Waals surface area (Å²) in [6, 6.07) is 15.9. The van der Waals surface area contributed by atoms with Crippen LogP contribution in [0.2, 0.25) is 0 Å². The number of hydrogen-bond donors (Lipinski definition) is 1. The predicted octanol–water partition coefficient (Wildman–Crippen LogP) is 5.07. The number of nitrogens with one attached hydrogen (secondary N) is 1. The zero-order valence-corrected chi connectivity index (χ0v) is 23.5. The Bertz CT molecular complexity index is 1460. The van der Waals surface area contributed by atoms with Crippen LogP contribution in [0.25, 0.3) is 0 Å². The van der Waals surface area contributed by atoms with Crippen LogP contribution in [0.5, 0.6) is 0 Å². The minimum absolute atomic E-state index is 0.00154. The smallest absolute Gasteiger partial charge is 0.357 e. The van der Waals surface area contributed by atoms with Crippen molar-refractivity contribution in [2.75, 3.05) is 17.9 Å². The monoisotopic (exact) mass is 575 g/mol. The molecule has 3 aromatic carbocycles. The zero-order chi connectivity index (χ0) is 29.7. The van der Waals surface area contributed by atoms with Gasteiger partial charge in [-0.15, -0.1) is 0 Å². The van der Waals surface area contributed by atoms with Gasteiger partial charge in [-0.2, -0.15) is 13.2 Å². The summed E-state index contributed by atoms with van der Waals surface area (Å²) >= 11 is 0. The highest BCUT2D eigenvalue weighted by molar-refractivity contribution is 7.92. The Morgan fingerprint density at radius 2 is 1.60 bits per heavy atom. The minimum atomic E-state index is -4.73. The molecule has 3 rings (SSSR count). The van der Waals surface area contributed by atoms with Gasteiger partial charge >= 0.3 is 6.18 Å². The quantitative estimate of drug-likeness (QED) is 0.366. The Balaban J connectivity index is 2.13. The van der Waals surface area contributed by atoms with E-state index in [9.17, 15) is 31.2 Å². The lowest BCUT2D eigenvalue weighted by Gasteiger charge is -2.33. The van der Waals surface area contributed by atoms with Crippen LogP contribution in [0.3, 0.4) is 0 Å². The third-order valence-electron chi connectivity index (χ3n) is 6.58. The number of hydrogen-bond acceptors (Lipinski definition) is 4. The SMILES string of the molecule is CC[C@@H](C(=O)NC)N(Cc1ccccc1C)C(=O)CN(c1cccc(C(F)(F)F)c1)S(=O)(=O)c1ccc(C)cc1. The van der Waals surface area contributed by atoms with Gasteiger partial charge in [0.2, 0.25) is 11.8 Å². The average molecular weight is 576 g/mol. The van der Waals surface area contributed by atoms with Gasteiger partial charge in [0.05, 0.1) is 16.1 Å².